The van der Waals surface area contributed by atoms with Crippen LogP contribution >= 0.6 is 0 Å². The van der Waals surface area contributed by atoms with E-state index in [9.17, 15) is 0 Å². The normalized spacial score (nSPS) is 24.4. The fourth-order valence-corrected chi connectivity index (χ4v) is 7.28. The predicted molar refractivity (Wildman–Crippen MR) is 232 cm³/mol. The lowest BCUT2D eigenvalue weighted by molar-refractivity contribution is 0.566. The molecule has 292 valence electrons. The minimum Gasteiger partial charge on any atom is -0.106 e. The van der Waals surface area contributed by atoms with Crippen LogP contribution in [-0.2, 0) is 0 Å². The smallest absolute Gasteiger partial charge is 0.0351 e. The Morgan fingerprint density at radius 2 is 0.220 bits per heavy atom. The van der Waals surface area contributed by atoms with Crippen molar-refractivity contribution in [2.24, 2.45) is 0 Å². The van der Waals surface area contributed by atoms with Crippen LogP contribution in [0.3, 0.4) is 0 Å². The Labute approximate surface area is 317 Å². The molecule has 4 aliphatic rings. The molecule has 0 bridgehead atoms. The minimum absolute atomic E-state index is 1.32. The molecule has 0 spiro atoms. The third-order valence-corrected chi connectivity index (χ3v) is 10.6. The maximum Gasteiger partial charge on any atom is -0.0351 e. The van der Waals surface area contributed by atoms with Gasteiger partial charge in [0.05, 0.1) is 0 Å². The summed E-state index contributed by atoms with van der Waals surface area (Å²) in [6.45, 7) is 6.00. The Morgan fingerprint density at radius 1 is 0.140 bits per heavy atom. The molecule has 4 rings (SSSR count). The van der Waals surface area contributed by atoms with Gasteiger partial charge in [0.25, 0.3) is 0 Å². The van der Waals surface area contributed by atoms with Crippen LogP contribution in [0.15, 0.2) is 61.8 Å². The lowest BCUT2D eigenvalue weighted by Crippen LogP contribution is -1.82. The molecular formula is C50H92. The number of hydrogen-bond donors (Lipinski definition) is 0. The Bertz CT molecular complexity index is 532. The molecule has 0 nitrogen and oxygen atoms in total. The van der Waals surface area contributed by atoms with Crippen LogP contribution in [0.4, 0.5) is 0 Å². The zero-order chi connectivity index (χ0) is 35.9. The Balaban J connectivity index is 0.000000629. The van der Waals surface area contributed by atoms with E-state index in [-0.39, 0.29) is 0 Å². The highest BCUT2D eigenvalue weighted by atomic mass is 14.0. The third kappa shape index (κ3) is 44.7. The molecule has 0 unspecified atom stereocenters. The zero-order valence-electron chi connectivity index (χ0n) is 34.3. The molecular weight excluding hydrogens is 601 g/mol. The van der Waals surface area contributed by atoms with E-state index in [1.54, 1.807) is 0 Å². The molecule has 0 saturated carbocycles. The van der Waals surface area contributed by atoms with E-state index >= 15 is 0 Å². The van der Waals surface area contributed by atoms with Gasteiger partial charge in [0.15, 0.2) is 0 Å². The molecule has 0 heteroatoms. The first-order valence-corrected chi connectivity index (χ1v) is 23.1. The molecule has 0 N–H and O–H groups in total. The largest absolute Gasteiger partial charge is 0.106 e. The van der Waals surface area contributed by atoms with Gasteiger partial charge in [-0.15, -0.1) is 13.2 Å². The Hall–Kier alpha value is -1.30. The van der Waals surface area contributed by atoms with Crippen LogP contribution in [-0.4, -0.2) is 0 Å². The van der Waals surface area contributed by atoms with Crippen LogP contribution in [0.5, 0.6) is 0 Å². The van der Waals surface area contributed by atoms with Crippen LogP contribution in [0, 0.1) is 0 Å². The van der Waals surface area contributed by atoms with Crippen molar-refractivity contribution in [2.75, 3.05) is 0 Å². The van der Waals surface area contributed by atoms with Gasteiger partial charge >= 0.3 is 0 Å². The first kappa shape index (κ1) is 48.7. The van der Waals surface area contributed by atoms with Crippen molar-refractivity contribution in [1.82, 2.24) is 0 Å². The van der Waals surface area contributed by atoms with Crippen molar-refractivity contribution in [1.29, 1.82) is 0 Å². The van der Waals surface area contributed by atoms with E-state index in [1.165, 1.54) is 257 Å². The van der Waals surface area contributed by atoms with E-state index in [0.717, 1.165) is 0 Å². The zero-order valence-corrected chi connectivity index (χ0v) is 34.3. The van der Waals surface area contributed by atoms with Crippen molar-refractivity contribution in [3.05, 3.63) is 61.8 Å². The number of rotatable bonds is 0. The molecule has 4 aliphatic carbocycles. The summed E-state index contributed by atoms with van der Waals surface area (Å²) in [7, 11) is 0. The summed E-state index contributed by atoms with van der Waals surface area (Å²) in [6, 6.07) is 0. The molecule has 0 amide bonds. The van der Waals surface area contributed by atoms with E-state index in [0.29, 0.717) is 0 Å². The molecule has 0 heterocycles. The monoisotopic (exact) mass is 693 g/mol. The van der Waals surface area contributed by atoms with E-state index in [2.05, 4.69) is 61.8 Å². The van der Waals surface area contributed by atoms with Crippen molar-refractivity contribution in [3.63, 3.8) is 0 Å². The SMILES string of the molecule is C1=C/CCCCCCCCCC/1.C1=C/CCCCCCCCCC/1.C1=C/CCCCCCCCCC/1.C1=C/CCCCCCCCCC/1.C=C. The predicted octanol–water partition coefficient (Wildman–Crippen LogP) is 18.6. The van der Waals surface area contributed by atoms with Crippen LogP contribution in [0.25, 0.3) is 0 Å². The van der Waals surface area contributed by atoms with Gasteiger partial charge in [-0.1, -0.05) is 203 Å². The van der Waals surface area contributed by atoms with Gasteiger partial charge in [-0.05, 0) is 103 Å². The van der Waals surface area contributed by atoms with Crippen LogP contribution < -0.4 is 0 Å². The highest BCUT2D eigenvalue weighted by Gasteiger charge is 1.96. The summed E-state index contributed by atoms with van der Waals surface area (Å²) in [5.74, 6) is 0. The highest BCUT2D eigenvalue weighted by molar-refractivity contribution is 4.83. The average Bonchev–Trinajstić information content (AvgIpc) is 3.11. The molecule has 0 saturated heterocycles. The third-order valence-electron chi connectivity index (χ3n) is 10.6. The number of hydrogen-bond acceptors (Lipinski definition) is 0. The van der Waals surface area contributed by atoms with E-state index < -0.39 is 0 Å². The van der Waals surface area contributed by atoms with Gasteiger partial charge in [-0.2, -0.15) is 0 Å². The van der Waals surface area contributed by atoms with Crippen molar-refractivity contribution >= 4 is 0 Å². The van der Waals surface area contributed by atoms with Crippen molar-refractivity contribution in [3.8, 4) is 0 Å². The summed E-state index contributed by atoms with van der Waals surface area (Å²) in [5.41, 5.74) is 0. The summed E-state index contributed by atoms with van der Waals surface area (Å²) in [5, 5.41) is 0. The van der Waals surface area contributed by atoms with Gasteiger partial charge in [0, 0.05) is 0 Å². The molecule has 0 aromatic heterocycles. The van der Waals surface area contributed by atoms with E-state index in [1.807, 2.05) is 0 Å². The van der Waals surface area contributed by atoms with E-state index in [4.69, 9.17) is 0 Å². The van der Waals surface area contributed by atoms with Crippen LogP contribution in [0.2, 0.25) is 0 Å². The second-order valence-corrected chi connectivity index (χ2v) is 15.5. The standard InChI is InChI=1S/4C12H22.C2H4/c4*1-2-4-6-8-10-12-11-9-7-5-3-1;1-2/h4*1-2H,3-12H2;1-2H2/b4*2-1+;. The summed E-state index contributed by atoms with van der Waals surface area (Å²) in [4.78, 5) is 0. The Kier molecular flexibility index (Phi) is 46.5. The first-order valence-electron chi connectivity index (χ1n) is 23.1. The molecule has 0 fully saturated rings. The fraction of sp³-hybridized carbons (Fsp3) is 0.800. The van der Waals surface area contributed by atoms with Crippen LogP contribution in [0.1, 0.15) is 257 Å². The Morgan fingerprint density at radius 3 is 0.320 bits per heavy atom. The summed E-state index contributed by atoms with van der Waals surface area (Å²) in [6.07, 6.45) is 76.0. The maximum absolute atomic E-state index is 3.00. The summed E-state index contributed by atoms with van der Waals surface area (Å²) < 4.78 is 0. The highest BCUT2D eigenvalue weighted by Crippen LogP contribution is 2.16. The molecule has 0 aliphatic heterocycles. The lowest BCUT2D eigenvalue weighted by Gasteiger charge is -2.02. The average molecular weight is 693 g/mol. The molecule has 0 aromatic rings. The second kappa shape index (κ2) is 47.7. The van der Waals surface area contributed by atoms with Gasteiger partial charge in [0.1, 0.15) is 0 Å². The van der Waals surface area contributed by atoms with Gasteiger partial charge < -0.3 is 0 Å². The molecule has 0 aromatic carbocycles. The molecule has 50 heavy (non-hydrogen) atoms. The molecule has 0 radical (unpaired) electrons. The van der Waals surface area contributed by atoms with Crippen molar-refractivity contribution in [2.45, 2.75) is 257 Å². The summed E-state index contributed by atoms with van der Waals surface area (Å²) >= 11 is 0. The number of allylic oxidation sites excluding steroid dienone is 8. The second-order valence-electron chi connectivity index (χ2n) is 15.5. The minimum atomic E-state index is 1.32. The first-order chi connectivity index (χ1) is 25.0. The fourth-order valence-electron chi connectivity index (χ4n) is 7.28. The quantitative estimate of drug-likeness (QED) is 0.222. The van der Waals surface area contributed by atoms with Gasteiger partial charge in [-0.25, -0.2) is 0 Å². The topological polar surface area (TPSA) is 0 Å². The molecule has 0 atom stereocenters. The lowest BCUT2D eigenvalue weighted by atomic mass is 10.0. The van der Waals surface area contributed by atoms with Gasteiger partial charge in [-0.3, -0.25) is 0 Å². The van der Waals surface area contributed by atoms with Gasteiger partial charge in [0.2, 0.25) is 0 Å². The van der Waals surface area contributed by atoms with Crippen molar-refractivity contribution < 1.29 is 0 Å². The maximum atomic E-state index is 3.00.